The Morgan fingerprint density at radius 1 is 1.27 bits per heavy atom. The topological polar surface area (TPSA) is 98.0 Å². The third-order valence-electron chi connectivity index (χ3n) is 5.12. The Bertz CT molecular complexity index is 1110. The highest BCUT2D eigenvalue weighted by molar-refractivity contribution is 6.03. The molecule has 0 spiro atoms. The lowest BCUT2D eigenvalue weighted by atomic mass is 10.1. The van der Waals surface area contributed by atoms with E-state index in [1.54, 1.807) is 23.2 Å². The largest absolute Gasteiger partial charge is 0.372 e. The zero-order chi connectivity index (χ0) is 21.1. The van der Waals surface area contributed by atoms with Gasteiger partial charge in [0.1, 0.15) is 0 Å². The standard InChI is InChI=1S/C22H21N7O/c1-15-8-11-28(2)19-7-6-18(17-5-3-4-16(12-17)13-23)26-21(19)29(15)22(30)27-20-14-24-9-10-25-20/h3-7,9-10,12,14-15H,8,11H2,1-2H3,(H,25,27,30)/t15-/m1/s1. The number of benzene rings is 1. The summed E-state index contributed by atoms with van der Waals surface area (Å²) in [5.74, 6) is 0.954. The molecule has 150 valence electrons. The SMILES string of the molecule is C[C@@H]1CCN(C)c2ccc(-c3cccc(C#N)c3)nc2N1C(=O)Nc1cnccn1. The van der Waals surface area contributed by atoms with Gasteiger partial charge in [0.05, 0.1) is 29.2 Å². The highest BCUT2D eigenvalue weighted by atomic mass is 16.2. The predicted molar refractivity (Wildman–Crippen MR) is 115 cm³/mol. The van der Waals surface area contributed by atoms with Crippen molar-refractivity contribution in [2.24, 2.45) is 0 Å². The number of anilines is 3. The molecule has 0 fully saturated rings. The summed E-state index contributed by atoms with van der Waals surface area (Å²) in [6.45, 7) is 2.80. The zero-order valence-corrected chi connectivity index (χ0v) is 16.8. The van der Waals surface area contributed by atoms with E-state index in [0.717, 1.165) is 24.2 Å². The molecule has 0 radical (unpaired) electrons. The summed E-state index contributed by atoms with van der Waals surface area (Å²) in [6.07, 6.45) is 5.38. The number of carbonyl (C=O) groups excluding carboxylic acids is 1. The van der Waals surface area contributed by atoms with Crippen LogP contribution in [0.3, 0.4) is 0 Å². The van der Waals surface area contributed by atoms with Crippen LogP contribution in [0.5, 0.6) is 0 Å². The van der Waals surface area contributed by atoms with E-state index < -0.39 is 0 Å². The van der Waals surface area contributed by atoms with Crippen molar-refractivity contribution in [3.63, 3.8) is 0 Å². The Morgan fingerprint density at radius 2 is 2.13 bits per heavy atom. The van der Waals surface area contributed by atoms with Gasteiger partial charge in [-0.2, -0.15) is 5.26 Å². The number of pyridine rings is 1. The van der Waals surface area contributed by atoms with Gasteiger partial charge in [-0.3, -0.25) is 15.2 Å². The van der Waals surface area contributed by atoms with Crippen LogP contribution >= 0.6 is 0 Å². The van der Waals surface area contributed by atoms with Crippen molar-refractivity contribution in [1.29, 1.82) is 5.26 Å². The zero-order valence-electron chi connectivity index (χ0n) is 16.8. The van der Waals surface area contributed by atoms with Gasteiger partial charge in [-0.1, -0.05) is 12.1 Å². The fraction of sp³-hybridized carbons (Fsp3) is 0.227. The van der Waals surface area contributed by atoms with E-state index in [1.165, 1.54) is 12.4 Å². The van der Waals surface area contributed by atoms with E-state index in [9.17, 15) is 10.1 Å². The second kappa shape index (κ2) is 8.17. The number of urea groups is 1. The first-order chi connectivity index (χ1) is 14.6. The summed E-state index contributed by atoms with van der Waals surface area (Å²) < 4.78 is 0. The van der Waals surface area contributed by atoms with Crippen LogP contribution in [-0.4, -0.2) is 40.6 Å². The lowest BCUT2D eigenvalue weighted by molar-refractivity contribution is 0.255. The molecule has 3 heterocycles. The molecule has 2 amide bonds. The fourth-order valence-electron chi connectivity index (χ4n) is 3.49. The average Bonchev–Trinajstić information content (AvgIpc) is 2.90. The van der Waals surface area contributed by atoms with Crippen molar-refractivity contribution < 1.29 is 4.79 Å². The molecule has 4 rings (SSSR count). The third kappa shape index (κ3) is 3.78. The van der Waals surface area contributed by atoms with E-state index in [-0.39, 0.29) is 12.1 Å². The molecule has 1 N–H and O–H groups in total. The summed E-state index contributed by atoms with van der Waals surface area (Å²) in [5.41, 5.74) is 2.96. The Morgan fingerprint density at radius 3 is 2.90 bits per heavy atom. The third-order valence-corrected chi connectivity index (χ3v) is 5.12. The predicted octanol–water partition coefficient (Wildman–Crippen LogP) is 3.68. The number of hydrogen-bond acceptors (Lipinski definition) is 6. The lowest BCUT2D eigenvalue weighted by Gasteiger charge is -2.27. The van der Waals surface area contributed by atoms with E-state index >= 15 is 0 Å². The summed E-state index contributed by atoms with van der Waals surface area (Å²) in [6, 6.07) is 12.9. The van der Waals surface area contributed by atoms with Crippen molar-refractivity contribution in [3.05, 3.63) is 60.6 Å². The number of hydrogen-bond donors (Lipinski definition) is 1. The van der Waals surface area contributed by atoms with Gasteiger partial charge >= 0.3 is 6.03 Å². The van der Waals surface area contributed by atoms with Gasteiger partial charge in [0.15, 0.2) is 11.6 Å². The van der Waals surface area contributed by atoms with Crippen LogP contribution in [0.1, 0.15) is 18.9 Å². The first-order valence-electron chi connectivity index (χ1n) is 9.66. The Labute approximate surface area is 174 Å². The second-order valence-corrected chi connectivity index (χ2v) is 7.18. The summed E-state index contributed by atoms with van der Waals surface area (Å²) in [4.78, 5) is 29.9. The number of amides is 2. The number of rotatable bonds is 2. The van der Waals surface area contributed by atoms with Crippen molar-refractivity contribution in [3.8, 4) is 17.3 Å². The lowest BCUT2D eigenvalue weighted by Crippen LogP contribution is -2.42. The molecular weight excluding hydrogens is 378 g/mol. The van der Waals surface area contributed by atoms with Gasteiger partial charge < -0.3 is 4.90 Å². The normalized spacial score (nSPS) is 15.7. The van der Waals surface area contributed by atoms with Crippen LogP contribution in [0.4, 0.5) is 22.1 Å². The van der Waals surface area contributed by atoms with E-state index in [2.05, 4.69) is 26.3 Å². The number of aromatic nitrogens is 3. The van der Waals surface area contributed by atoms with Crippen LogP contribution in [0, 0.1) is 11.3 Å². The van der Waals surface area contributed by atoms with Gasteiger partial charge in [0.2, 0.25) is 0 Å². The molecule has 30 heavy (non-hydrogen) atoms. The molecule has 1 atom stereocenters. The molecule has 8 heteroatoms. The van der Waals surface area contributed by atoms with Gasteiger partial charge in [0.25, 0.3) is 0 Å². The Balaban J connectivity index is 1.77. The smallest absolute Gasteiger partial charge is 0.329 e. The summed E-state index contributed by atoms with van der Waals surface area (Å²) in [5, 5.41) is 12.0. The highest BCUT2D eigenvalue weighted by Crippen LogP contribution is 2.35. The molecule has 0 saturated carbocycles. The molecule has 0 bridgehead atoms. The number of fused-ring (bicyclic) bond motifs is 1. The molecule has 2 aromatic heterocycles. The summed E-state index contributed by atoms with van der Waals surface area (Å²) in [7, 11) is 1.99. The number of carbonyl (C=O) groups is 1. The molecule has 0 unspecified atom stereocenters. The molecule has 1 aliphatic heterocycles. The van der Waals surface area contributed by atoms with Crippen LogP contribution in [-0.2, 0) is 0 Å². The maximum absolute atomic E-state index is 13.2. The minimum atomic E-state index is -0.310. The minimum absolute atomic E-state index is 0.0708. The highest BCUT2D eigenvalue weighted by Gasteiger charge is 2.30. The minimum Gasteiger partial charge on any atom is -0.372 e. The fourth-order valence-corrected chi connectivity index (χ4v) is 3.49. The van der Waals surface area contributed by atoms with Crippen molar-refractivity contribution in [1.82, 2.24) is 15.0 Å². The van der Waals surface area contributed by atoms with Gasteiger partial charge in [-0.15, -0.1) is 0 Å². The number of nitriles is 1. The van der Waals surface area contributed by atoms with Crippen molar-refractivity contribution >= 4 is 23.4 Å². The Kier molecular flexibility index (Phi) is 5.26. The molecule has 3 aromatic rings. The van der Waals surface area contributed by atoms with Crippen LogP contribution in [0.25, 0.3) is 11.3 Å². The average molecular weight is 399 g/mol. The molecule has 0 saturated heterocycles. The molecule has 8 nitrogen and oxygen atoms in total. The number of nitrogens with zero attached hydrogens (tertiary/aromatic N) is 6. The summed E-state index contributed by atoms with van der Waals surface area (Å²) >= 11 is 0. The maximum atomic E-state index is 13.2. The van der Waals surface area contributed by atoms with E-state index in [4.69, 9.17) is 4.98 Å². The van der Waals surface area contributed by atoms with E-state index in [1.807, 2.05) is 38.2 Å². The van der Waals surface area contributed by atoms with Crippen LogP contribution in [0.2, 0.25) is 0 Å². The maximum Gasteiger partial charge on any atom is 0.329 e. The number of nitrogens with one attached hydrogen (secondary N) is 1. The van der Waals surface area contributed by atoms with E-state index in [0.29, 0.717) is 22.9 Å². The van der Waals surface area contributed by atoms with Gasteiger partial charge in [-0.25, -0.2) is 14.8 Å². The Hall–Kier alpha value is -3.99. The molecule has 1 aromatic carbocycles. The van der Waals surface area contributed by atoms with Crippen molar-refractivity contribution in [2.45, 2.75) is 19.4 Å². The second-order valence-electron chi connectivity index (χ2n) is 7.18. The monoisotopic (exact) mass is 399 g/mol. The molecule has 0 aliphatic carbocycles. The van der Waals surface area contributed by atoms with Crippen molar-refractivity contribution in [2.75, 3.05) is 28.7 Å². The first-order valence-corrected chi connectivity index (χ1v) is 9.66. The van der Waals surface area contributed by atoms with Crippen LogP contribution in [0.15, 0.2) is 55.0 Å². The molecular formula is C22H21N7O. The molecule has 1 aliphatic rings. The quantitative estimate of drug-likeness (QED) is 0.706. The van der Waals surface area contributed by atoms with Crippen LogP contribution < -0.4 is 15.1 Å². The first kappa shape index (κ1) is 19.3. The van der Waals surface area contributed by atoms with Gasteiger partial charge in [0, 0.05) is 37.6 Å². The van der Waals surface area contributed by atoms with Gasteiger partial charge in [-0.05, 0) is 37.6 Å².